The van der Waals surface area contributed by atoms with Crippen LogP contribution in [0.3, 0.4) is 0 Å². The van der Waals surface area contributed by atoms with E-state index < -0.39 is 0 Å². The highest BCUT2D eigenvalue weighted by Gasteiger charge is 2.17. The van der Waals surface area contributed by atoms with Crippen molar-refractivity contribution in [3.63, 3.8) is 0 Å². The average Bonchev–Trinajstić information content (AvgIpc) is 2.37. The Labute approximate surface area is 108 Å². The van der Waals surface area contributed by atoms with E-state index in [2.05, 4.69) is 32.5 Å². The van der Waals surface area contributed by atoms with Gasteiger partial charge in [0.25, 0.3) is 0 Å². The van der Waals surface area contributed by atoms with Gasteiger partial charge in [0.2, 0.25) is 5.95 Å². The van der Waals surface area contributed by atoms with Gasteiger partial charge in [0.05, 0.1) is 12.7 Å². The normalized spacial score (nSPS) is 20.7. The zero-order chi connectivity index (χ0) is 12.8. The van der Waals surface area contributed by atoms with Gasteiger partial charge in [-0.3, -0.25) is 0 Å². The van der Waals surface area contributed by atoms with Gasteiger partial charge in [-0.15, -0.1) is 0 Å². The summed E-state index contributed by atoms with van der Waals surface area (Å²) in [6, 6.07) is 1.87. The molecule has 1 aromatic rings. The minimum absolute atomic E-state index is 0.223. The number of hydrogen-bond donors (Lipinski definition) is 2. The van der Waals surface area contributed by atoms with Gasteiger partial charge in [-0.05, 0) is 20.0 Å². The number of nitrogens with zero attached hydrogens (tertiary/aromatic N) is 3. The molecule has 1 atom stereocenters. The van der Waals surface area contributed by atoms with E-state index in [1.165, 1.54) is 0 Å². The lowest BCUT2D eigenvalue weighted by atomic mass is 10.3. The van der Waals surface area contributed by atoms with Crippen molar-refractivity contribution in [2.24, 2.45) is 0 Å². The van der Waals surface area contributed by atoms with E-state index in [1.54, 1.807) is 6.20 Å². The molecule has 0 bridgehead atoms. The fourth-order valence-electron chi connectivity index (χ4n) is 1.91. The molecule has 0 aliphatic carbocycles. The molecular formula is C12H21N5O. The largest absolute Gasteiger partial charge is 0.374 e. The second-order valence-electron chi connectivity index (χ2n) is 4.43. The summed E-state index contributed by atoms with van der Waals surface area (Å²) in [5.41, 5.74) is 0. The third-order valence-corrected chi connectivity index (χ3v) is 2.84. The molecule has 18 heavy (non-hydrogen) atoms. The third kappa shape index (κ3) is 3.82. The van der Waals surface area contributed by atoms with Gasteiger partial charge in [0, 0.05) is 32.4 Å². The third-order valence-electron chi connectivity index (χ3n) is 2.84. The first kappa shape index (κ1) is 13.0. The Bertz CT molecular complexity index is 373. The Morgan fingerprint density at radius 1 is 1.50 bits per heavy atom. The molecule has 0 radical (unpaired) electrons. The molecule has 2 rings (SSSR count). The monoisotopic (exact) mass is 251 g/mol. The summed E-state index contributed by atoms with van der Waals surface area (Å²) in [5.74, 6) is 1.49. The molecule has 2 heterocycles. The lowest BCUT2D eigenvalue weighted by Crippen LogP contribution is -2.43. The maximum Gasteiger partial charge on any atom is 0.224 e. The molecule has 1 aliphatic rings. The minimum atomic E-state index is 0.223. The number of morpholine rings is 1. The predicted octanol–water partition coefficient (Wildman–Crippen LogP) is 0.651. The van der Waals surface area contributed by atoms with Gasteiger partial charge in [0.1, 0.15) is 5.82 Å². The number of aromatic nitrogens is 2. The molecule has 0 aromatic carbocycles. The van der Waals surface area contributed by atoms with E-state index in [0.717, 1.165) is 38.6 Å². The van der Waals surface area contributed by atoms with Crippen molar-refractivity contribution < 1.29 is 4.74 Å². The van der Waals surface area contributed by atoms with Crippen molar-refractivity contribution in [3.05, 3.63) is 12.3 Å². The molecule has 100 valence electrons. The molecular weight excluding hydrogens is 230 g/mol. The van der Waals surface area contributed by atoms with Gasteiger partial charge in [-0.25, -0.2) is 4.98 Å². The van der Waals surface area contributed by atoms with Gasteiger partial charge in [-0.1, -0.05) is 0 Å². The molecule has 0 saturated carbocycles. The van der Waals surface area contributed by atoms with E-state index >= 15 is 0 Å². The van der Waals surface area contributed by atoms with Gasteiger partial charge in [-0.2, -0.15) is 4.98 Å². The maximum absolute atomic E-state index is 5.68. The molecule has 1 fully saturated rings. The molecule has 6 heteroatoms. The van der Waals surface area contributed by atoms with Crippen molar-refractivity contribution >= 4 is 11.8 Å². The van der Waals surface area contributed by atoms with Crippen LogP contribution in [-0.2, 0) is 4.74 Å². The van der Waals surface area contributed by atoms with E-state index in [4.69, 9.17) is 4.74 Å². The minimum Gasteiger partial charge on any atom is -0.374 e. The molecule has 1 saturated heterocycles. The Morgan fingerprint density at radius 3 is 3.17 bits per heavy atom. The quantitative estimate of drug-likeness (QED) is 0.801. The second kappa shape index (κ2) is 6.51. The highest BCUT2D eigenvalue weighted by molar-refractivity contribution is 5.39. The molecule has 1 unspecified atom stereocenters. The number of likely N-dealkylation sites (N-methyl/N-ethyl adjacent to an activating group) is 1. The molecule has 0 spiro atoms. The zero-order valence-electron chi connectivity index (χ0n) is 11.0. The maximum atomic E-state index is 5.68. The highest BCUT2D eigenvalue weighted by atomic mass is 16.5. The fourth-order valence-corrected chi connectivity index (χ4v) is 1.91. The summed E-state index contributed by atoms with van der Waals surface area (Å²) in [7, 11) is 2.11. The lowest BCUT2D eigenvalue weighted by molar-refractivity contribution is -0.0117. The molecule has 6 nitrogen and oxygen atoms in total. The average molecular weight is 251 g/mol. The molecule has 0 amide bonds. The van der Waals surface area contributed by atoms with Crippen LogP contribution in [0.4, 0.5) is 11.8 Å². The Kier molecular flexibility index (Phi) is 4.72. The first-order chi connectivity index (χ1) is 8.78. The van der Waals surface area contributed by atoms with Crippen molar-refractivity contribution in [1.82, 2.24) is 14.9 Å². The SMILES string of the molecule is CCNc1nccc(NCC2CN(C)CCO2)n1. The van der Waals surface area contributed by atoms with Gasteiger partial charge < -0.3 is 20.3 Å². The van der Waals surface area contributed by atoms with Crippen molar-refractivity contribution in [3.8, 4) is 0 Å². The standard InChI is InChI=1S/C12H21N5O/c1-3-13-12-14-5-4-11(16-12)15-8-10-9-17(2)6-7-18-10/h4-5,10H,3,6-9H2,1-2H3,(H2,13,14,15,16). The summed E-state index contributed by atoms with van der Waals surface area (Å²) in [4.78, 5) is 10.8. The van der Waals surface area contributed by atoms with Crippen molar-refractivity contribution in [1.29, 1.82) is 0 Å². The van der Waals surface area contributed by atoms with Crippen molar-refractivity contribution in [2.75, 3.05) is 50.5 Å². The van der Waals surface area contributed by atoms with E-state index in [9.17, 15) is 0 Å². The summed E-state index contributed by atoms with van der Waals surface area (Å²) in [6.07, 6.45) is 1.97. The highest BCUT2D eigenvalue weighted by Crippen LogP contribution is 2.08. The van der Waals surface area contributed by atoms with Gasteiger partial charge >= 0.3 is 0 Å². The van der Waals surface area contributed by atoms with Crippen LogP contribution in [-0.4, -0.2) is 60.8 Å². The molecule has 1 aromatic heterocycles. The summed E-state index contributed by atoms with van der Waals surface area (Å²) < 4.78 is 5.68. The number of anilines is 2. The number of ether oxygens (including phenoxy) is 1. The van der Waals surface area contributed by atoms with E-state index in [1.807, 2.05) is 13.0 Å². The Morgan fingerprint density at radius 2 is 2.39 bits per heavy atom. The lowest BCUT2D eigenvalue weighted by Gasteiger charge is -2.30. The number of nitrogens with one attached hydrogen (secondary N) is 2. The van der Waals surface area contributed by atoms with Crippen molar-refractivity contribution in [2.45, 2.75) is 13.0 Å². The van der Waals surface area contributed by atoms with Crippen LogP contribution in [0.2, 0.25) is 0 Å². The predicted molar refractivity (Wildman–Crippen MR) is 71.9 cm³/mol. The van der Waals surface area contributed by atoms with Gasteiger partial charge in [0.15, 0.2) is 0 Å². The fraction of sp³-hybridized carbons (Fsp3) is 0.667. The van der Waals surface area contributed by atoms with Crippen LogP contribution in [0.25, 0.3) is 0 Å². The van der Waals surface area contributed by atoms with Crippen LogP contribution in [0.1, 0.15) is 6.92 Å². The molecule has 1 aliphatic heterocycles. The van der Waals surface area contributed by atoms with Crippen LogP contribution in [0, 0.1) is 0 Å². The molecule has 2 N–H and O–H groups in total. The Balaban J connectivity index is 1.83. The van der Waals surface area contributed by atoms with E-state index in [-0.39, 0.29) is 6.10 Å². The smallest absolute Gasteiger partial charge is 0.224 e. The first-order valence-electron chi connectivity index (χ1n) is 6.39. The van der Waals surface area contributed by atoms with E-state index in [0.29, 0.717) is 5.95 Å². The summed E-state index contributed by atoms with van der Waals surface area (Å²) in [5, 5.41) is 6.38. The van der Waals surface area contributed by atoms with Crippen LogP contribution in [0.5, 0.6) is 0 Å². The zero-order valence-corrected chi connectivity index (χ0v) is 11.0. The Hall–Kier alpha value is -1.40. The summed E-state index contributed by atoms with van der Waals surface area (Å²) in [6.45, 7) is 6.38. The number of hydrogen-bond acceptors (Lipinski definition) is 6. The summed E-state index contributed by atoms with van der Waals surface area (Å²) >= 11 is 0. The second-order valence-corrected chi connectivity index (χ2v) is 4.43. The van der Waals surface area contributed by atoms with Crippen LogP contribution >= 0.6 is 0 Å². The van der Waals surface area contributed by atoms with Crippen LogP contribution < -0.4 is 10.6 Å². The first-order valence-corrected chi connectivity index (χ1v) is 6.39. The number of rotatable bonds is 5. The topological polar surface area (TPSA) is 62.3 Å². The van der Waals surface area contributed by atoms with Crippen LogP contribution in [0.15, 0.2) is 12.3 Å².